The molecule has 0 radical (unpaired) electrons. The van der Waals surface area contributed by atoms with Gasteiger partial charge in [0.1, 0.15) is 0 Å². The number of hydrogen-bond acceptors (Lipinski definition) is 2. The predicted octanol–water partition coefficient (Wildman–Crippen LogP) is 10.8. The average molecular weight is 519 g/mol. The van der Waals surface area contributed by atoms with Crippen LogP contribution in [0.3, 0.4) is 0 Å². The van der Waals surface area contributed by atoms with Gasteiger partial charge in [-0.25, -0.2) is 0 Å². The van der Waals surface area contributed by atoms with Crippen LogP contribution in [0, 0.1) is 0 Å². The molecule has 0 aliphatic heterocycles. The standard InChI is InChI=1S/C32H48N2.Ni/c1-2-3-4-5-6-7-8-9-10-11-12-13-14-15-16-19-28-32(34-31-26-22-18-23-27-31)29-33-30-24-20-17-21-25-30;/h17-18,20-27,29H,2-16,19,28H2,1H3;/b33-29+,34-32+;. The van der Waals surface area contributed by atoms with Crippen molar-refractivity contribution < 1.29 is 16.5 Å². The molecule has 0 spiro atoms. The van der Waals surface area contributed by atoms with Crippen LogP contribution in [0.1, 0.15) is 116 Å². The molecule has 0 amide bonds. The summed E-state index contributed by atoms with van der Waals surface area (Å²) in [7, 11) is 0. The van der Waals surface area contributed by atoms with Gasteiger partial charge in [0.25, 0.3) is 0 Å². The van der Waals surface area contributed by atoms with Crippen LogP contribution in [0.5, 0.6) is 0 Å². The molecule has 0 bridgehead atoms. The Labute approximate surface area is 226 Å². The molecule has 2 nitrogen and oxygen atoms in total. The first kappa shape index (κ1) is 31.3. The minimum Gasteiger partial charge on any atom is -0.255 e. The van der Waals surface area contributed by atoms with Crippen molar-refractivity contribution in [3.63, 3.8) is 0 Å². The van der Waals surface area contributed by atoms with Gasteiger partial charge in [0, 0.05) is 22.7 Å². The van der Waals surface area contributed by atoms with Crippen molar-refractivity contribution in [3.8, 4) is 0 Å². The molecule has 0 saturated carbocycles. The fraction of sp³-hybridized carbons (Fsp3) is 0.562. The van der Waals surface area contributed by atoms with Crippen molar-refractivity contribution in [2.24, 2.45) is 9.98 Å². The summed E-state index contributed by atoms with van der Waals surface area (Å²) in [6, 6.07) is 20.4. The molecule has 196 valence electrons. The number of hydrogen-bond donors (Lipinski definition) is 0. The normalized spacial score (nSPS) is 11.6. The maximum absolute atomic E-state index is 4.85. The molecule has 0 atom stereocenters. The van der Waals surface area contributed by atoms with E-state index in [4.69, 9.17) is 4.99 Å². The molecule has 0 heterocycles. The summed E-state index contributed by atoms with van der Waals surface area (Å²) in [6.07, 6.45) is 25.3. The zero-order chi connectivity index (χ0) is 23.9. The van der Waals surface area contributed by atoms with Crippen LogP contribution in [0.15, 0.2) is 70.6 Å². The van der Waals surface area contributed by atoms with Crippen molar-refractivity contribution in [1.29, 1.82) is 0 Å². The minimum absolute atomic E-state index is 0. The fourth-order valence-corrected chi connectivity index (χ4v) is 4.33. The summed E-state index contributed by atoms with van der Waals surface area (Å²) in [5.41, 5.74) is 3.06. The second-order valence-electron chi connectivity index (χ2n) is 9.59. The van der Waals surface area contributed by atoms with Crippen LogP contribution in [0.4, 0.5) is 11.4 Å². The zero-order valence-electron chi connectivity index (χ0n) is 22.1. The first-order valence-corrected chi connectivity index (χ1v) is 14.1. The molecule has 2 rings (SSSR count). The maximum Gasteiger partial charge on any atom is 0.0633 e. The van der Waals surface area contributed by atoms with E-state index in [2.05, 4.69) is 24.0 Å². The van der Waals surface area contributed by atoms with Gasteiger partial charge < -0.3 is 0 Å². The van der Waals surface area contributed by atoms with E-state index in [9.17, 15) is 0 Å². The SMILES string of the molecule is CCCCCCCCCCCCCCCCCCC(/C=N/c1ccccc1)=N\c1ccccc1.[Ni]. The maximum atomic E-state index is 4.85. The Bertz CT molecular complexity index is 771. The van der Waals surface area contributed by atoms with Crippen LogP contribution < -0.4 is 0 Å². The zero-order valence-corrected chi connectivity index (χ0v) is 23.1. The van der Waals surface area contributed by atoms with Crippen LogP contribution in [0.25, 0.3) is 0 Å². The summed E-state index contributed by atoms with van der Waals surface area (Å²) in [4.78, 5) is 9.49. The molecule has 0 unspecified atom stereocenters. The van der Waals surface area contributed by atoms with E-state index in [1.54, 1.807) is 0 Å². The van der Waals surface area contributed by atoms with Crippen molar-refractivity contribution in [2.45, 2.75) is 116 Å². The van der Waals surface area contributed by atoms with E-state index in [1.165, 1.54) is 103 Å². The molecule has 0 aromatic heterocycles. The molecule has 0 saturated heterocycles. The number of aliphatic imine (C=N–C) groups is 2. The summed E-state index contributed by atoms with van der Waals surface area (Å²) >= 11 is 0. The first-order chi connectivity index (χ1) is 16.9. The van der Waals surface area contributed by atoms with Crippen molar-refractivity contribution in [2.75, 3.05) is 0 Å². The van der Waals surface area contributed by atoms with Gasteiger partial charge in [0.05, 0.1) is 17.1 Å². The molecule has 0 N–H and O–H groups in total. The Balaban J connectivity index is 0.00000612. The summed E-state index contributed by atoms with van der Waals surface area (Å²) in [5.74, 6) is 0. The molecule has 0 aliphatic carbocycles. The van der Waals surface area contributed by atoms with E-state index in [0.29, 0.717) is 0 Å². The third-order valence-corrected chi connectivity index (χ3v) is 6.43. The summed E-state index contributed by atoms with van der Waals surface area (Å²) < 4.78 is 0. The minimum atomic E-state index is 0. The van der Waals surface area contributed by atoms with Crippen LogP contribution in [-0.2, 0) is 16.5 Å². The number of benzene rings is 2. The first-order valence-electron chi connectivity index (χ1n) is 14.1. The largest absolute Gasteiger partial charge is 0.255 e. The number of rotatable bonds is 20. The molecular weight excluding hydrogens is 471 g/mol. The van der Waals surface area contributed by atoms with E-state index < -0.39 is 0 Å². The van der Waals surface area contributed by atoms with E-state index >= 15 is 0 Å². The molecule has 2 aromatic rings. The smallest absolute Gasteiger partial charge is 0.0633 e. The Morgan fingerprint density at radius 2 is 0.943 bits per heavy atom. The van der Waals surface area contributed by atoms with Gasteiger partial charge in [-0.05, 0) is 37.1 Å². The third kappa shape index (κ3) is 17.4. The van der Waals surface area contributed by atoms with Crippen molar-refractivity contribution >= 4 is 23.3 Å². The number of para-hydroxylation sites is 2. The predicted molar refractivity (Wildman–Crippen MR) is 152 cm³/mol. The van der Waals surface area contributed by atoms with Crippen LogP contribution in [-0.4, -0.2) is 11.9 Å². The second-order valence-corrected chi connectivity index (χ2v) is 9.59. The molecule has 35 heavy (non-hydrogen) atoms. The van der Waals surface area contributed by atoms with Crippen molar-refractivity contribution in [1.82, 2.24) is 0 Å². The number of unbranched alkanes of at least 4 members (excludes halogenated alkanes) is 15. The Kier molecular flexibility index (Phi) is 20.3. The van der Waals surface area contributed by atoms with E-state index in [0.717, 1.165) is 23.5 Å². The Hall–Kier alpha value is -1.73. The van der Waals surface area contributed by atoms with Gasteiger partial charge in [-0.3, -0.25) is 9.98 Å². The molecular formula is C32H48N2Ni. The number of nitrogens with zero attached hydrogens (tertiary/aromatic N) is 2. The third-order valence-electron chi connectivity index (χ3n) is 6.43. The van der Waals surface area contributed by atoms with Crippen LogP contribution >= 0.6 is 0 Å². The van der Waals surface area contributed by atoms with E-state index in [1.807, 2.05) is 54.7 Å². The molecule has 2 aromatic carbocycles. The van der Waals surface area contributed by atoms with Gasteiger partial charge in [0.15, 0.2) is 0 Å². The van der Waals surface area contributed by atoms with Gasteiger partial charge in [-0.1, -0.05) is 140 Å². The van der Waals surface area contributed by atoms with Gasteiger partial charge in [-0.2, -0.15) is 0 Å². The molecule has 3 heteroatoms. The summed E-state index contributed by atoms with van der Waals surface area (Å²) in [5, 5.41) is 0. The molecule has 0 fully saturated rings. The van der Waals surface area contributed by atoms with Crippen LogP contribution in [0.2, 0.25) is 0 Å². The Morgan fingerprint density at radius 3 is 1.40 bits per heavy atom. The monoisotopic (exact) mass is 518 g/mol. The topological polar surface area (TPSA) is 24.7 Å². The quantitative estimate of drug-likeness (QED) is 0.0944. The van der Waals surface area contributed by atoms with Gasteiger partial charge in [-0.15, -0.1) is 0 Å². The average Bonchev–Trinajstić information content (AvgIpc) is 2.88. The fourth-order valence-electron chi connectivity index (χ4n) is 4.33. The Morgan fingerprint density at radius 1 is 0.543 bits per heavy atom. The molecule has 0 aliphatic rings. The van der Waals surface area contributed by atoms with Crippen molar-refractivity contribution in [3.05, 3.63) is 60.7 Å². The van der Waals surface area contributed by atoms with E-state index in [-0.39, 0.29) is 16.5 Å². The van der Waals surface area contributed by atoms with Gasteiger partial charge >= 0.3 is 0 Å². The van der Waals surface area contributed by atoms with Gasteiger partial charge in [0.2, 0.25) is 0 Å². The second kappa shape index (κ2) is 22.7. The summed E-state index contributed by atoms with van der Waals surface area (Å²) in [6.45, 7) is 2.29.